The summed E-state index contributed by atoms with van der Waals surface area (Å²) in [5, 5.41) is 0. The van der Waals surface area contributed by atoms with Crippen LogP contribution in [0, 0.1) is 5.92 Å². The zero-order valence-corrected chi connectivity index (χ0v) is 24.4. The quantitative estimate of drug-likeness (QED) is 0.0779. The fourth-order valence-corrected chi connectivity index (χ4v) is 4.71. The smallest absolute Gasteiger partial charge is 0.157 e. The van der Waals surface area contributed by atoms with E-state index in [0.717, 1.165) is 19.6 Å². The molecule has 34 heavy (non-hydrogen) atoms. The summed E-state index contributed by atoms with van der Waals surface area (Å²) in [4.78, 5) is 0. The van der Waals surface area contributed by atoms with Crippen LogP contribution >= 0.6 is 0 Å². The van der Waals surface area contributed by atoms with Gasteiger partial charge in [0.05, 0.1) is 0 Å². The van der Waals surface area contributed by atoms with Crippen LogP contribution in [-0.4, -0.2) is 19.5 Å². The lowest BCUT2D eigenvalue weighted by atomic mass is 10.1. The molecule has 0 aliphatic carbocycles. The fraction of sp³-hybridized carbons (Fsp3) is 1.00. The summed E-state index contributed by atoms with van der Waals surface area (Å²) in [6, 6.07) is 0. The van der Waals surface area contributed by atoms with Crippen LogP contribution in [0.15, 0.2) is 0 Å². The third kappa shape index (κ3) is 28.2. The van der Waals surface area contributed by atoms with Crippen LogP contribution in [-0.2, 0) is 9.47 Å². The normalized spacial score (nSPS) is 12.6. The standard InChI is InChI=1S/C32H66O2/c1-5-7-9-11-13-15-17-19-21-23-25-27-29-34-32(30-31(3)4)33-28-26-24-22-20-18-16-14-12-10-8-6-2/h31-32H,5-30H2,1-4H3. The molecule has 0 aromatic carbocycles. The number of hydrogen-bond acceptors (Lipinski definition) is 2. The van der Waals surface area contributed by atoms with Crippen molar-refractivity contribution in [2.75, 3.05) is 13.2 Å². The molecule has 0 amide bonds. The van der Waals surface area contributed by atoms with Crippen LogP contribution in [0.4, 0.5) is 0 Å². The lowest BCUT2D eigenvalue weighted by molar-refractivity contribution is -0.152. The van der Waals surface area contributed by atoms with Gasteiger partial charge in [-0.2, -0.15) is 0 Å². The molecule has 1 unspecified atom stereocenters. The molecule has 2 nitrogen and oxygen atoms in total. The Kier molecular flexibility index (Phi) is 29.1. The molecular formula is C32H66O2. The first-order valence-electron chi connectivity index (χ1n) is 15.9. The summed E-state index contributed by atoms with van der Waals surface area (Å²) in [7, 11) is 0. The zero-order chi connectivity index (χ0) is 25.0. The van der Waals surface area contributed by atoms with E-state index in [-0.39, 0.29) is 6.29 Å². The van der Waals surface area contributed by atoms with Crippen molar-refractivity contribution < 1.29 is 9.47 Å². The molecule has 0 rings (SSSR count). The Morgan fingerprint density at radius 3 is 0.912 bits per heavy atom. The largest absolute Gasteiger partial charge is 0.353 e. The van der Waals surface area contributed by atoms with Gasteiger partial charge in [-0.3, -0.25) is 0 Å². The van der Waals surface area contributed by atoms with Crippen LogP contribution in [0.2, 0.25) is 0 Å². The predicted molar refractivity (Wildman–Crippen MR) is 153 cm³/mol. The van der Waals surface area contributed by atoms with Crippen molar-refractivity contribution in [3.63, 3.8) is 0 Å². The molecular weight excluding hydrogens is 416 g/mol. The summed E-state index contributed by atoms with van der Waals surface area (Å²) in [6.07, 6.45) is 32.9. The highest BCUT2D eigenvalue weighted by atomic mass is 16.7. The molecule has 2 heteroatoms. The molecule has 0 aromatic heterocycles. The van der Waals surface area contributed by atoms with Gasteiger partial charge in [0.1, 0.15) is 0 Å². The monoisotopic (exact) mass is 483 g/mol. The van der Waals surface area contributed by atoms with Crippen molar-refractivity contribution in [1.82, 2.24) is 0 Å². The number of rotatable bonds is 29. The molecule has 0 N–H and O–H groups in total. The summed E-state index contributed by atoms with van der Waals surface area (Å²) in [6.45, 7) is 10.9. The maximum atomic E-state index is 6.12. The number of hydrogen-bond donors (Lipinski definition) is 0. The van der Waals surface area contributed by atoms with Crippen LogP contribution in [0.3, 0.4) is 0 Å². The van der Waals surface area contributed by atoms with Gasteiger partial charge in [0.2, 0.25) is 0 Å². The highest BCUT2D eigenvalue weighted by molar-refractivity contribution is 4.54. The van der Waals surface area contributed by atoms with E-state index < -0.39 is 0 Å². The van der Waals surface area contributed by atoms with Crippen LogP contribution < -0.4 is 0 Å². The topological polar surface area (TPSA) is 18.5 Å². The third-order valence-electron chi connectivity index (χ3n) is 7.02. The Hall–Kier alpha value is -0.0800. The van der Waals surface area contributed by atoms with E-state index in [4.69, 9.17) is 9.47 Å². The molecule has 1 atom stereocenters. The van der Waals surface area contributed by atoms with E-state index in [1.807, 2.05) is 0 Å². The van der Waals surface area contributed by atoms with Crippen molar-refractivity contribution in [2.24, 2.45) is 5.92 Å². The maximum absolute atomic E-state index is 6.12. The molecule has 0 saturated heterocycles. The molecule has 0 radical (unpaired) electrons. The molecule has 0 fully saturated rings. The van der Waals surface area contributed by atoms with Gasteiger partial charge >= 0.3 is 0 Å². The van der Waals surface area contributed by atoms with Crippen LogP contribution in [0.25, 0.3) is 0 Å². The van der Waals surface area contributed by atoms with Crippen molar-refractivity contribution in [2.45, 2.75) is 188 Å². The summed E-state index contributed by atoms with van der Waals surface area (Å²) in [5.41, 5.74) is 0. The molecule has 0 bridgehead atoms. The lowest BCUT2D eigenvalue weighted by Gasteiger charge is -2.20. The highest BCUT2D eigenvalue weighted by Crippen LogP contribution is 2.15. The van der Waals surface area contributed by atoms with E-state index in [1.165, 1.54) is 148 Å². The van der Waals surface area contributed by atoms with Crippen LogP contribution in [0.5, 0.6) is 0 Å². The second-order valence-electron chi connectivity index (χ2n) is 11.2. The van der Waals surface area contributed by atoms with Crippen molar-refractivity contribution in [3.8, 4) is 0 Å². The average molecular weight is 483 g/mol. The van der Waals surface area contributed by atoms with Gasteiger partial charge in [-0.05, 0) is 18.8 Å². The summed E-state index contributed by atoms with van der Waals surface area (Å²) in [5.74, 6) is 0.629. The van der Waals surface area contributed by atoms with Gasteiger partial charge in [-0.15, -0.1) is 0 Å². The van der Waals surface area contributed by atoms with E-state index in [2.05, 4.69) is 27.7 Å². The molecule has 0 saturated carbocycles. The molecule has 0 heterocycles. The predicted octanol–water partition coefficient (Wildman–Crippen LogP) is 11.4. The Morgan fingerprint density at radius 1 is 0.382 bits per heavy atom. The molecule has 0 aromatic rings. The van der Waals surface area contributed by atoms with E-state index in [1.54, 1.807) is 0 Å². The number of unbranched alkanes of at least 4 members (excludes halogenated alkanes) is 21. The summed E-state index contributed by atoms with van der Waals surface area (Å²) >= 11 is 0. The lowest BCUT2D eigenvalue weighted by Crippen LogP contribution is -2.21. The first kappa shape index (κ1) is 33.9. The van der Waals surface area contributed by atoms with E-state index >= 15 is 0 Å². The molecule has 206 valence electrons. The van der Waals surface area contributed by atoms with Gasteiger partial charge < -0.3 is 9.47 Å². The SMILES string of the molecule is CCCCCCCCCCCCCCOC(CC(C)C)OCCCCCCCCCCCCC. The third-order valence-corrected chi connectivity index (χ3v) is 7.02. The average Bonchev–Trinajstić information content (AvgIpc) is 2.82. The minimum absolute atomic E-state index is 0.0100. The molecule has 0 aliphatic rings. The Labute approximate surface area is 216 Å². The first-order valence-corrected chi connectivity index (χ1v) is 15.9. The van der Waals surface area contributed by atoms with Crippen molar-refractivity contribution in [1.29, 1.82) is 0 Å². The van der Waals surface area contributed by atoms with Gasteiger partial charge in [0.25, 0.3) is 0 Å². The minimum atomic E-state index is 0.0100. The van der Waals surface area contributed by atoms with Crippen molar-refractivity contribution in [3.05, 3.63) is 0 Å². The van der Waals surface area contributed by atoms with Crippen LogP contribution in [0.1, 0.15) is 182 Å². The van der Waals surface area contributed by atoms with Crippen molar-refractivity contribution >= 4 is 0 Å². The fourth-order valence-electron chi connectivity index (χ4n) is 4.71. The van der Waals surface area contributed by atoms with Gasteiger partial charge in [-0.25, -0.2) is 0 Å². The summed E-state index contributed by atoms with van der Waals surface area (Å²) < 4.78 is 12.2. The molecule has 0 aliphatic heterocycles. The zero-order valence-electron chi connectivity index (χ0n) is 24.4. The highest BCUT2D eigenvalue weighted by Gasteiger charge is 2.11. The Bertz CT molecular complexity index is 355. The Balaban J connectivity index is 3.50. The van der Waals surface area contributed by atoms with E-state index in [9.17, 15) is 0 Å². The van der Waals surface area contributed by atoms with E-state index in [0.29, 0.717) is 5.92 Å². The first-order chi connectivity index (χ1) is 16.7. The minimum Gasteiger partial charge on any atom is -0.353 e. The Morgan fingerprint density at radius 2 is 0.647 bits per heavy atom. The second-order valence-corrected chi connectivity index (χ2v) is 11.2. The number of ether oxygens (including phenoxy) is 2. The second kappa shape index (κ2) is 29.2. The molecule has 0 spiro atoms. The van der Waals surface area contributed by atoms with Gasteiger partial charge in [0, 0.05) is 19.6 Å². The maximum Gasteiger partial charge on any atom is 0.157 e. The van der Waals surface area contributed by atoms with Gasteiger partial charge in [0.15, 0.2) is 6.29 Å². The van der Waals surface area contributed by atoms with Gasteiger partial charge in [-0.1, -0.05) is 163 Å².